The molecule has 3 aromatic rings. The van der Waals surface area contributed by atoms with Crippen molar-refractivity contribution in [2.24, 2.45) is 0 Å². The molecule has 5 rings (SSSR count). The smallest absolute Gasteiger partial charge is 0.282 e. The summed E-state index contributed by atoms with van der Waals surface area (Å²) in [4.78, 5) is 53.3. The van der Waals surface area contributed by atoms with Crippen molar-refractivity contribution in [3.05, 3.63) is 97.0 Å². The Morgan fingerprint density at radius 1 is 0.971 bits per heavy atom. The van der Waals surface area contributed by atoms with Crippen molar-refractivity contribution in [3.63, 3.8) is 0 Å². The second kappa shape index (κ2) is 8.47. The summed E-state index contributed by atoms with van der Waals surface area (Å²) in [5.74, 6) is -1.72. The minimum absolute atomic E-state index is 0.109. The topological polar surface area (TPSA) is 110 Å². The molecule has 0 radical (unpaired) electrons. The maximum Gasteiger partial charge on any atom is 0.282 e. The molecule has 0 aliphatic carbocycles. The lowest BCUT2D eigenvalue weighted by Crippen LogP contribution is -2.67. The van der Waals surface area contributed by atoms with Crippen LogP contribution in [0.4, 0.5) is 11.4 Å². The van der Waals surface area contributed by atoms with E-state index in [0.29, 0.717) is 26.5 Å². The van der Waals surface area contributed by atoms with Crippen LogP contribution in [0.2, 0.25) is 5.02 Å². The van der Waals surface area contributed by atoms with Crippen molar-refractivity contribution in [2.75, 3.05) is 12.0 Å². The molecule has 0 N–H and O–H groups in total. The first kappa shape index (κ1) is 23.0. The molecule has 35 heavy (non-hydrogen) atoms. The Kier molecular flexibility index (Phi) is 5.57. The third-order valence-corrected chi connectivity index (χ3v) is 6.83. The number of hydrogen-bond acceptors (Lipinski definition) is 6. The van der Waals surface area contributed by atoms with E-state index in [1.54, 1.807) is 42.5 Å². The van der Waals surface area contributed by atoms with E-state index < -0.39 is 40.4 Å². The quantitative estimate of drug-likeness (QED) is 0.194. The lowest BCUT2D eigenvalue weighted by molar-refractivity contribution is -0.385. The maximum atomic E-state index is 13.5. The number of methoxy groups -OCH3 is 1. The molecule has 9 nitrogen and oxygen atoms in total. The van der Waals surface area contributed by atoms with Gasteiger partial charge in [-0.2, -0.15) is 0 Å². The Hall–Kier alpha value is -3.76. The fraction of sp³-hybridized carbons (Fsp3) is 0.125. The molecule has 2 aliphatic rings. The number of fused-ring (bicyclic) bond motifs is 1. The highest BCUT2D eigenvalue weighted by Gasteiger charge is 2.59. The Morgan fingerprint density at radius 2 is 1.69 bits per heavy atom. The van der Waals surface area contributed by atoms with Crippen molar-refractivity contribution in [2.45, 2.75) is 12.1 Å². The average molecular weight is 557 g/mol. The molecule has 2 heterocycles. The summed E-state index contributed by atoms with van der Waals surface area (Å²) in [6.07, 6.45) is 0. The van der Waals surface area contributed by atoms with E-state index in [1.807, 2.05) is 0 Å². The van der Waals surface area contributed by atoms with Crippen LogP contribution in [0.15, 0.2) is 65.1 Å². The summed E-state index contributed by atoms with van der Waals surface area (Å²) in [5.41, 5.74) is 0.140. The van der Waals surface area contributed by atoms with Crippen molar-refractivity contribution in [1.29, 1.82) is 0 Å². The molecular weight excluding hydrogens is 542 g/mol. The number of amides is 3. The molecule has 2 aliphatic heterocycles. The SMILES string of the molecule is COc1ccc(Br)cc1[C@@H]1[C@H](N2C(=O)c3cccc([N+](=O)[O-])c3C2=O)C(=O)N1c1ccc(Cl)cc1. The number of nitro groups is 1. The van der Waals surface area contributed by atoms with Gasteiger partial charge in [0, 0.05) is 26.8 Å². The molecule has 0 aromatic heterocycles. The third-order valence-electron chi connectivity index (χ3n) is 6.08. The van der Waals surface area contributed by atoms with Gasteiger partial charge in [-0.3, -0.25) is 29.4 Å². The first-order chi connectivity index (χ1) is 16.7. The normalized spacial score (nSPS) is 19.0. The highest BCUT2D eigenvalue weighted by Crippen LogP contribution is 2.48. The van der Waals surface area contributed by atoms with Crippen molar-refractivity contribution in [1.82, 2.24) is 4.90 Å². The Bertz CT molecular complexity index is 1430. The molecule has 176 valence electrons. The summed E-state index contributed by atoms with van der Waals surface area (Å²) in [6, 6.07) is 13.6. The number of nitro benzene ring substituents is 1. The Balaban J connectivity index is 1.65. The summed E-state index contributed by atoms with van der Waals surface area (Å²) in [5, 5.41) is 12.0. The first-order valence-electron chi connectivity index (χ1n) is 10.3. The van der Waals surface area contributed by atoms with Gasteiger partial charge in [-0.25, -0.2) is 0 Å². The summed E-state index contributed by atoms with van der Waals surface area (Å²) < 4.78 is 6.21. The number of nitrogens with zero attached hydrogens (tertiary/aromatic N) is 3. The molecule has 1 saturated heterocycles. The van der Waals surface area contributed by atoms with Gasteiger partial charge in [-0.05, 0) is 48.5 Å². The maximum absolute atomic E-state index is 13.5. The van der Waals surface area contributed by atoms with Gasteiger partial charge in [0.05, 0.1) is 23.6 Å². The van der Waals surface area contributed by atoms with E-state index in [9.17, 15) is 24.5 Å². The molecule has 11 heteroatoms. The number of imide groups is 1. The Labute approximate surface area is 212 Å². The van der Waals surface area contributed by atoms with Crippen LogP contribution >= 0.6 is 27.5 Å². The van der Waals surface area contributed by atoms with Gasteiger partial charge in [0.25, 0.3) is 23.4 Å². The van der Waals surface area contributed by atoms with Crippen LogP contribution in [0, 0.1) is 10.1 Å². The lowest BCUT2D eigenvalue weighted by Gasteiger charge is -2.50. The van der Waals surface area contributed by atoms with Gasteiger partial charge in [0.1, 0.15) is 17.4 Å². The highest BCUT2D eigenvalue weighted by molar-refractivity contribution is 9.10. The number of ether oxygens (including phenoxy) is 1. The van der Waals surface area contributed by atoms with Gasteiger partial charge in [0.15, 0.2) is 0 Å². The van der Waals surface area contributed by atoms with Crippen LogP contribution in [-0.2, 0) is 4.79 Å². The number of β-lactam (4-membered cyclic amide) rings is 1. The zero-order valence-electron chi connectivity index (χ0n) is 18.0. The van der Waals surface area contributed by atoms with Crippen LogP contribution in [0.25, 0.3) is 0 Å². The lowest BCUT2D eigenvalue weighted by atomic mass is 9.85. The predicted molar refractivity (Wildman–Crippen MR) is 130 cm³/mol. The monoisotopic (exact) mass is 555 g/mol. The second-order valence-corrected chi connectivity index (χ2v) is 9.25. The Morgan fingerprint density at radius 3 is 2.34 bits per heavy atom. The van der Waals surface area contributed by atoms with Crippen molar-refractivity contribution in [3.8, 4) is 5.75 Å². The number of halogens is 2. The van der Waals surface area contributed by atoms with Crippen LogP contribution in [-0.4, -0.2) is 40.7 Å². The zero-order valence-corrected chi connectivity index (χ0v) is 20.3. The van der Waals surface area contributed by atoms with Crippen molar-refractivity contribution < 1.29 is 24.0 Å². The van der Waals surface area contributed by atoms with Crippen LogP contribution in [0.1, 0.15) is 32.3 Å². The number of anilines is 1. The number of carbonyl (C=O) groups is 3. The van der Waals surface area contributed by atoms with Gasteiger partial charge < -0.3 is 9.64 Å². The van der Waals surface area contributed by atoms with Gasteiger partial charge >= 0.3 is 0 Å². The standard InChI is InChI=1S/C24H15BrClN3O6/c1-35-18-10-5-12(25)11-16(18)20-21(24(32)27(20)14-8-6-13(26)7-9-14)28-22(30)15-3-2-4-17(29(33)34)19(15)23(28)31/h2-11,20-21H,1H3/t20-,21+/m1/s1. The number of benzene rings is 3. The minimum atomic E-state index is -1.24. The van der Waals surface area contributed by atoms with Gasteiger partial charge in [-0.1, -0.05) is 33.6 Å². The van der Waals surface area contributed by atoms with E-state index in [2.05, 4.69) is 15.9 Å². The van der Waals surface area contributed by atoms with E-state index >= 15 is 0 Å². The fourth-order valence-corrected chi connectivity index (χ4v) is 5.06. The largest absolute Gasteiger partial charge is 0.496 e. The van der Waals surface area contributed by atoms with E-state index in [0.717, 1.165) is 11.0 Å². The predicted octanol–water partition coefficient (Wildman–Crippen LogP) is 4.77. The molecule has 3 amide bonds. The molecule has 0 spiro atoms. The van der Waals surface area contributed by atoms with Crippen LogP contribution < -0.4 is 9.64 Å². The molecule has 2 atom stereocenters. The van der Waals surface area contributed by atoms with Crippen LogP contribution in [0.3, 0.4) is 0 Å². The van der Waals surface area contributed by atoms with Gasteiger partial charge in [0.2, 0.25) is 0 Å². The van der Waals surface area contributed by atoms with Crippen LogP contribution in [0.5, 0.6) is 5.75 Å². The summed E-state index contributed by atoms with van der Waals surface area (Å²) in [7, 11) is 1.47. The van der Waals surface area contributed by atoms with Gasteiger partial charge in [-0.15, -0.1) is 0 Å². The molecular formula is C24H15BrClN3O6. The number of carbonyl (C=O) groups excluding carboxylic acids is 3. The van der Waals surface area contributed by atoms with E-state index in [-0.39, 0.29) is 11.1 Å². The average Bonchev–Trinajstić information content (AvgIpc) is 3.08. The van der Waals surface area contributed by atoms with E-state index in [4.69, 9.17) is 16.3 Å². The molecule has 0 saturated carbocycles. The zero-order chi connectivity index (χ0) is 25.0. The van der Waals surface area contributed by atoms with E-state index in [1.165, 1.54) is 24.1 Å². The first-order valence-corrected chi connectivity index (χ1v) is 11.5. The molecule has 1 fully saturated rings. The highest BCUT2D eigenvalue weighted by atomic mass is 79.9. The minimum Gasteiger partial charge on any atom is -0.496 e. The fourth-order valence-electron chi connectivity index (χ4n) is 4.55. The second-order valence-electron chi connectivity index (χ2n) is 7.90. The molecule has 0 bridgehead atoms. The van der Waals surface area contributed by atoms with Crippen molar-refractivity contribution >= 4 is 56.6 Å². The number of rotatable bonds is 5. The summed E-state index contributed by atoms with van der Waals surface area (Å²) in [6.45, 7) is 0. The summed E-state index contributed by atoms with van der Waals surface area (Å²) >= 11 is 9.44. The molecule has 3 aromatic carbocycles. The third kappa shape index (κ3) is 3.48. The molecule has 0 unspecified atom stereocenters. The number of hydrogen-bond donors (Lipinski definition) is 0.